The Bertz CT molecular complexity index is 885. The molecule has 0 unspecified atom stereocenters. The molecule has 2 aromatic carbocycles. The first kappa shape index (κ1) is 22.9. The number of para-hydroxylation sites is 1. The minimum Gasteiger partial charge on any atom is -0.452 e. The van der Waals surface area contributed by atoms with Crippen LogP contribution in [-0.4, -0.2) is 30.2 Å². The van der Waals surface area contributed by atoms with Gasteiger partial charge in [0.05, 0.1) is 5.56 Å². The molecule has 160 valence electrons. The molecule has 0 saturated heterocycles. The molecule has 0 saturated carbocycles. The number of carbonyl (C=O) groups is 3. The number of amides is 2. The number of aryl methyl sites for hydroxylation is 1. The molecule has 7 heteroatoms. The van der Waals surface area contributed by atoms with E-state index >= 15 is 0 Å². The molecule has 0 aromatic heterocycles. The van der Waals surface area contributed by atoms with Crippen LogP contribution < -0.4 is 10.6 Å². The van der Waals surface area contributed by atoms with Crippen molar-refractivity contribution in [2.75, 3.05) is 11.9 Å². The van der Waals surface area contributed by atoms with E-state index in [1.807, 2.05) is 31.2 Å². The molecule has 0 fully saturated rings. The Morgan fingerprint density at radius 1 is 0.967 bits per heavy atom. The monoisotopic (exact) mass is 412 g/mol. The van der Waals surface area contributed by atoms with Crippen LogP contribution in [0, 0.1) is 0 Å². The molecule has 2 N–H and O–H groups in total. The summed E-state index contributed by atoms with van der Waals surface area (Å²) in [5, 5.41) is 5.40. The predicted molar refractivity (Wildman–Crippen MR) is 114 cm³/mol. The predicted octanol–water partition coefficient (Wildman–Crippen LogP) is 4.07. The van der Waals surface area contributed by atoms with Crippen LogP contribution in [0.3, 0.4) is 0 Å². The highest BCUT2D eigenvalue weighted by molar-refractivity contribution is 5.95. The van der Waals surface area contributed by atoms with E-state index in [1.165, 1.54) is 0 Å². The molecule has 0 aliphatic heterocycles. The van der Waals surface area contributed by atoms with Gasteiger partial charge in [0.25, 0.3) is 5.91 Å². The van der Waals surface area contributed by atoms with Gasteiger partial charge in [0.2, 0.25) is 0 Å². The van der Waals surface area contributed by atoms with Crippen LogP contribution in [0.15, 0.2) is 48.5 Å². The molecule has 2 rings (SSSR count). The van der Waals surface area contributed by atoms with E-state index in [9.17, 15) is 14.4 Å². The second-order valence-corrected chi connectivity index (χ2v) is 7.69. The quantitative estimate of drug-likeness (QED) is 0.669. The van der Waals surface area contributed by atoms with Crippen LogP contribution in [0.25, 0.3) is 0 Å². The van der Waals surface area contributed by atoms with Gasteiger partial charge in [-0.2, -0.15) is 0 Å². The molecule has 0 atom stereocenters. The lowest BCUT2D eigenvalue weighted by Crippen LogP contribution is -2.32. The van der Waals surface area contributed by atoms with Gasteiger partial charge in [-0.1, -0.05) is 37.3 Å². The number of rotatable bonds is 7. The molecule has 0 aliphatic carbocycles. The van der Waals surface area contributed by atoms with Gasteiger partial charge >= 0.3 is 12.1 Å². The molecular weight excluding hydrogens is 384 g/mol. The fourth-order valence-electron chi connectivity index (χ4n) is 2.60. The lowest BCUT2D eigenvalue weighted by atomic mass is 10.1. The van der Waals surface area contributed by atoms with Gasteiger partial charge < -0.3 is 20.1 Å². The molecule has 2 amide bonds. The van der Waals surface area contributed by atoms with Crippen molar-refractivity contribution in [2.45, 2.75) is 46.3 Å². The highest BCUT2D eigenvalue weighted by Crippen LogP contribution is 2.15. The summed E-state index contributed by atoms with van der Waals surface area (Å²) in [4.78, 5) is 35.9. The van der Waals surface area contributed by atoms with Crippen molar-refractivity contribution >= 4 is 23.7 Å². The van der Waals surface area contributed by atoms with Crippen molar-refractivity contribution in [1.29, 1.82) is 0 Å². The van der Waals surface area contributed by atoms with E-state index < -0.39 is 23.6 Å². The highest BCUT2D eigenvalue weighted by Gasteiger charge is 2.16. The first-order valence-electron chi connectivity index (χ1n) is 9.78. The number of esters is 1. The average Bonchev–Trinajstić information content (AvgIpc) is 2.70. The number of hydrogen-bond acceptors (Lipinski definition) is 5. The van der Waals surface area contributed by atoms with E-state index in [1.54, 1.807) is 45.0 Å². The van der Waals surface area contributed by atoms with Crippen LogP contribution in [0.4, 0.5) is 10.5 Å². The van der Waals surface area contributed by atoms with Crippen molar-refractivity contribution in [2.24, 2.45) is 0 Å². The van der Waals surface area contributed by atoms with Crippen molar-refractivity contribution in [3.63, 3.8) is 0 Å². The number of carbonyl (C=O) groups excluding carboxylic acids is 3. The number of ether oxygens (including phenoxy) is 2. The lowest BCUT2D eigenvalue weighted by Gasteiger charge is -2.19. The van der Waals surface area contributed by atoms with Crippen LogP contribution in [0.2, 0.25) is 0 Å². The van der Waals surface area contributed by atoms with Crippen LogP contribution in [0.1, 0.15) is 49.2 Å². The van der Waals surface area contributed by atoms with Crippen LogP contribution >= 0.6 is 0 Å². The second kappa shape index (κ2) is 10.4. The summed E-state index contributed by atoms with van der Waals surface area (Å²) < 4.78 is 10.3. The number of benzene rings is 2. The Morgan fingerprint density at radius 2 is 1.63 bits per heavy atom. The normalized spacial score (nSPS) is 10.8. The van der Waals surface area contributed by atoms with Crippen molar-refractivity contribution in [3.8, 4) is 0 Å². The summed E-state index contributed by atoms with van der Waals surface area (Å²) in [5.74, 6) is -0.997. The third kappa shape index (κ3) is 7.58. The first-order valence-corrected chi connectivity index (χ1v) is 9.78. The summed E-state index contributed by atoms with van der Waals surface area (Å²) in [6.07, 6.45) is 0.271. The minimum atomic E-state index is -0.597. The van der Waals surface area contributed by atoms with E-state index in [4.69, 9.17) is 9.47 Å². The Kier molecular flexibility index (Phi) is 7.98. The van der Waals surface area contributed by atoms with Gasteiger partial charge in [-0.25, -0.2) is 9.59 Å². The van der Waals surface area contributed by atoms with Gasteiger partial charge in [0, 0.05) is 12.2 Å². The van der Waals surface area contributed by atoms with Gasteiger partial charge in [-0.05, 0) is 56.5 Å². The Labute approximate surface area is 176 Å². The molecule has 7 nitrogen and oxygen atoms in total. The summed E-state index contributed by atoms with van der Waals surface area (Å²) in [6, 6.07) is 14.0. The third-order valence-electron chi connectivity index (χ3n) is 4.03. The number of nitrogens with one attached hydrogen (secondary N) is 2. The van der Waals surface area contributed by atoms with Gasteiger partial charge in [-0.15, -0.1) is 0 Å². The van der Waals surface area contributed by atoms with Gasteiger partial charge in [-0.3, -0.25) is 4.79 Å². The van der Waals surface area contributed by atoms with E-state index in [-0.39, 0.29) is 13.2 Å². The van der Waals surface area contributed by atoms with Crippen molar-refractivity contribution in [1.82, 2.24) is 5.32 Å². The zero-order chi connectivity index (χ0) is 22.1. The Balaban J connectivity index is 1.81. The average molecular weight is 412 g/mol. The van der Waals surface area contributed by atoms with Gasteiger partial charge in [0.1, 0.15) is 5.60 Å². The molecule has 0 radical (unpaired) electrons. The molecular formula is C23H28N2O5. The molecule has 0 heterocycles. The lowest BCUT2D eigenvalue weighted by molar-refractivity contribution is -0.119. The molecule has 30 heavy (non-hydrogen) atoms. The van der Waals surface area contributed by atoms with Crippen molar-refractivity contribution in [3.05, 3.63) is 65.2 Å². The minimum absolute atomic E-state index is 0.267. The van der Waals surface area contributed by atoms with Crippen LogP contribution in [-0.2, 0) is 27.2 Å². The number of alkyl carbamates (subject to hydrolysis) is 1. The standard InChI is InChI=1S/C23H28N2O5/c1-5-17-8-6-7-9-19(17)25-20(26)15-29-21(27)18-12-10-16(11-13-18)14-24-22(28)30-23(2,3)4/h6-13H,5,14-15H2,1-4H3,(H,24,28)(H,25,26). The largest absolute Gasteiger partial charge is 0.452 e. The smallest absolute Gasteiger partial charge is 0.407 e. The molecule has 0 bridgehead atoms. The zero-order valence-electron chi connectivity index (χ0n) is 17.8. The van der Waals surface area contributed by atoms with Crippen molar-refractivity contribution < 1.29 is 23.9 Å². The molecule has 0 spiro atoms. The van der Waals surface area contributed by atoms with E-state index in [2.05, 4.69) is 10.6 Å². The molecule has 2 aromatic rings. The SMILES string of the molecule is CCc1ccccc1NC(=O)COC(=O)c1ccc(CNC(=O)OC(C)(C)C)cc1. The summed E-state index contributed by atoms with van der Waals surface area (Å²) in [7, 11) is 0. The summed E-state index contributed by atoms with van der Waals surface area (Å²) in [6.45, 7) is 7.25. The maximum absolute atomic E-state index is 12.2. The zero-order valence-corrected chi connectivity index (χ0v) is 17.8. The van der Waals surface area contributed by atoms with E-state index in [0.717, 1.165) is 17.5 Å². The van der Waals surface area contributed by atoms with Gasteiger partial charge in [0.15, 0.2) is 6.61 Å². The first-order chi connectivity index (χ1) is 14.2. The molecule has 0 aliphatic rings. The second-order valence-electron chi connectivity index (χ2n) is 7.69. The summed E-state index contributed by atoms with van der Waals surface area (Å²) in [5.41, 5.74) is 2.27. The van der Waals surface area contributed by atoms with Crippen LogP contribution in [0.5, 0.6) is 0 Å². The Hall–Kier alpha value is -3.35. The fourth-order valence-corrected chi connectivity index (χ4v) is 2.60. The fraction of sp³-hybridized carbons (Fsp3) is 0.348. The number of anilines is 1. The number of hydrogen-bond donors (Lipinski definition) is 2. The van der Waals surface area contributed by atoms with E-state index in [0.29, 0.717) is 11.3 Å². The maximum Gasteiger partial charge on any atom is 0.407 e. The Morgan fingerprint density at radius 3 is 2.27 bits per heavy atom. The third-order valence-corrected chi connectivity index (χ3v) is 4.03. The topological polar surface area (TPSA) is 93.7 Å². The maximum atomic E-state index is 12.2. The highest BCUT2D eigenvalue weighted by atomic mass is 16.6. The summed E-state index contributed by atoms with van der Waals surface area (Å²) >= 11 is 0.